The molecule has 136 valence electrons. The Balaban J connectivity index is 1.61. The molecule has 2 aromatic heterocycles. The minimum atomic E-state index is -0.140. The van der Waals surface area contributed by atoms with Gasteiger partial charge in [-0.2, -0.15) is 5.10 Å². The van der Waals surface area contributed by atoms with Crippen LogP contribution in [0.1, 0.15) is 39.3 Å². The zero-order valence-corrected chi connectivity index (χ0v) is 15.7. The molecule has 0 spiro atoms. The van der Waals surface area contributed by atoms with E-state index in [1.807, 2.05) is 32.0 Å². The number of amides is 1. The van der Waals surface area contributed by atoms with Crippen LogP contribution < -0.4 is 10.1 Å². The second-order valence-electron chi connectivity index (χ2n) is 6.55. The van der Waals surface area contributed by atoms with E-state index in [2.05, 4.69) is 28.4 Å². The van der Waals surface area contributed by atoms with Crippen LogP contribution in [0.5, 0.6) is 5.75 Å². The molecule has 6 heteroatoms. The third-order valence-corrected chi connectivity index (χ3v) is 4.30. The number of benzene rings is 1. The zero-order valence-electron chi connectivity index (χ0n) is 15.7. The summed E-state index contributed by atoms with van der Waals surface area (Å²) in [6.07, 6.45) is 3.31. The average Bonchev–Trinajstić information content (AvgIpc) is 3.02. The summed E-state index contributed by atoms with van der Waals surface area (Å²) < 4.78 is 7.00. The van der Waals surface area contributed by atoms with Crippen LogP contribution in [0.3, 0.4) is 0 Å². The van der Waals surface area contributed by atoms with Gasteiger partial charge in [0.25, 0.3) is 5.91 Å². The molecule has 3 aromatic rings. The molecule has 0 atom stereocenters. The number of hydrogen-bond acceptors (Lipinski definition) is 4. The van der Waals surface area contributed by atoms with Gasteiger partial charge in [0.1, 0.15) is 11.3 Å². The maximum atomic E-state index is 12.5. The molecule has 0 bridgehead atoms. The van der Waals surface area contributed by atoms with Crippen LogP contribution in [0.4, 0.5) is 0 Å². The van der Waals surface area contributed by atoms with Crippen LogP contribution in [-0.2, 0) is 6.42 Å². The molecule has 0 fully saturated rings. The summed E-state index contributed by atoms with van der Waals surface area (Å²) >= 11 is 0. The highest BCUT2D eigenvalue weighted by Crippen LogP contribution is 2.17. The van der Waals surface area contributed by atoms with Crippen molar-refractivity contribution in [3.05, 3.63) is 58.5 Å². The number of rotatable bonds is 6. The molecule has 2 heterocycles. The second-order valence-corrected chi connectivity index (χ2v) is 6.55. The van der Waals surface area contributed by atoms with Crippen molar-refractivity contribution in [1.29, 1.82) is 0 Å². The van der Waals surface area contributed by atoms with Crippen LogP contribution >= 0.6 is 0 Å². The standard InChI is InChI=1S/C20H24N4O2/c1-13-8-16(11-17(9-13)26-4)6-5-7-21-20(25)18-12-22-24-15(3)10-14(2)23-19(18)24/h8-12H,5-7H2,1-4H3,(H,21,25). The van der Waals surface area contributed by atoms with Crippen LogP contribution in [-0.4, -0.2) is 34.2 Å². The first-order valence-electron chi connectivity index (χ1n) is 8.72. The minimum Gasteiger partial charge on any atom is -0.497 e. The van der Waals surface area contributed by atoms with E-state index in [1.54, 1.807) is 17.8 Å². The molecule has 1 N–H and O–H groups in total. The lowest BCUT2D eigenvalue weighted by atomic mass is 10.1. The van der Waals surface area contributed by atoms with E-state index >= 15 is 0 Å². The Labute approximate surface area is 153 Å². The maximum Gasteiger partial charge on any atom is 0.256 e. The first-order valence-corrected chi connectivity index (χ1v) is 8.72. The maximum absolute atomic E-state index is 12.5. The monoisotopic (exact) mass is 352 g/mol. The number of carbonyl (C=O) groups is 1. The molecule has 26 heavy (non-hydrogen) atoms. The predicted octanol–water partition coefficient (Wildman–Crippen LogP) is 3.03. The fraction of sp³-hybridized carbons (Fsp3) is 0.350. The van der Waals surface area contributed by atoms with Gasteiger partial charge in [-0.1, -0.05) is 6.07 Å². The van der Waals surface area contributed by atoms with E-state index in [-0.39, 0.29) is 5.91 Å². The van der Waals surface area contributed by atoms with Crippen molar-refractivity contribution in [2.24, 2.45) is 0 Å². The molecule has 0 aliphatic rings. The molecule has 0 unspecified atom stereocenters. The van der Waals surface area contributed by atoms with E-state index in [0.717, 1.165) is 30.0 Å². The molecule has 3 rings (SSSR count). The lowest BCUT2D eigenvalue weighted by molar-refractivity contribution is 0.0954. The van der Waals surface area contributed by atoms with Crippen molar-refractivity contribution >= 4 is 11.6 Å². The van der Waals surface area contributed by atoms with Crippen LogP contribution in [0.25, 0.3) is 5.65 Å². The van der Waals surface area contributed by atoms with Gasteiger partial charge in [-0.15, -0.1) is 0 Å². The van der Waals surface area contributed by atoms with Gasteiger partial charge in [0.15, 0.2) is 5.65 Å². The lowest BCUT2D eigenvalue weighted by Crippen LogP contribution is -2.24. The van der Waals surface area contributed by atoms with Crippen molar-refractivity contribution in [3.63, 3.8) is 0 Å². The zero-order chi connectivity index (χ0) is 18.7. The number of aromatic nitrogens is 3. The van der Waals surface area contributed by atoms with Crippen molar-refractivity contribution in [2.45, 2.75) is 33.6 Å². The van der Waals surface area contributed by atoms with Crippen molar-refractivity contribution in [3.8, 4) is 5.75 Å². The molecule has 1 amide bonds. The molecule has 0 radical (unpaired) electrons. The number of carbonyl (C=O) groups excluding carboxylic acids is 1. The number of methoxy groups -OCH3 is 1. The van der Waals surface area contributed by atoms with E-state index < -0.39 is 0 Å². The molecular weight excluding hydrogens is 328 g/mol. The van der Waals surface area contributed by atoms with E-state index in [9.17, 15) is 4.79 Å². The third kappa shape index (κ3) is 3.85. The summed E-state index contributed by atoms with van der Waals surface area (Å²) in [6, 6.07) is 8.13. The fourth-order valence-electron chi connectivity index (χ4n) is 3.11. The molecular formula is C20H24N4O2. The summed E-state index contributed by atoms with van der Waals surface area (Å²) in [6.45, 7) is 6.51. The summed E-state index contributed by atoms with van der Waals surface area (Å²) in [4.78, 5) is 16.9. The van der Waals surface area contributed by atoms with Gasteiger partial charge in [0, 0.05) is 17.9 Å². The van der Waals surface area contributed by atoms with Gasteiger partial charge >= 0.3 is 0 Å². The van der Waals surface area contributed by atoms with Gasteiger partial charge in [-0.3, -0.25) is 4.79 Å². The van der Waals surface area contributed by atoms with Gasteiger partial charge in [0.05, 0.1) is 13.3 Å². The Hall–Kier alpha value is -2.89. The summed E-state index contributed by atoms with van der Waals surface area (Å²) in [5.41, 5.74) is 5.32. The number of hydrogen-bond donors (Lipinski definition) is 1. The normalized spacial score (nSPS) is 10.9. The Bertz CT molecular complexity index is 946. The lowest BCUT2D eigenvalue weighted by Gasteiger charge is -2.08. The Morgan fingerprint density at radius 1 is 1.19 bits per heavy atom. The van der Waals surface area contributed by atoms with Gasteiger partial charge in [0.2, 0.25) is 0 Å². The van der Waals surface area contributed by atoms with E-state index in [1.165, 1.54) is 11.1 Å². The number of fused-ring (bicyclic) bond motifs is 1. The van der Waals surface area contributed by atoms with Gasteiger partial charge in [-0.05, 0) is 62.9 Å². The van der Waals surface area contributed by atoms with Crippen LogP contribution in [0.2, 0.25) is 0 Å². The molecule has 6 nitrogen and oxygen atoms in total. The topological polar surface area (TPSA) is 68.5 Å². The Kier molecular flexibility index (Phi) is 5.21. The molecule has 0 aliphatic carbocycles. The Morgan fingerprint density at radius 3 is 2.77 bits per heavy atom. The molecule has 0 saturated heterocycles. The number of nitrogens with zero attached hydrogens (tertiary/aromatic N) is 3. The quantitative estimate of drug-likeness (QED) is 0.693. The molecule has 1 aromatic carbocycles. The molecule has 0 saturated carbocycles. The largest absolute Gasteiger partial charge is 0.497 e. The summed E-state index contributed by atoms with van der Waals surface area (Å²) in [5.74, 6) is 0.728. The number of ether oxygens (including phenoxy) is 1. The smallest absolute Gasteiger partial charge is 0.256 e. The highest BCUT2D eigenvalue weighted by Gasteiger charge is 2.15. The van der Waals surface area contributed by atoms with Crippen LogP contribution in [0, 0.1) is 20.8 Å². The highest BCUT2D eigenvalue weighted by atomic mass is 16.5. The minimum absolute atomic E-state index is 0.140. The third-order valence-electron chi connectivity index (χ3n) is 4.30. The van der Waals surface area contributed by atoms with Crippen molar-refractivity contribution in [2.75, 3.05) is 13.7 Å². The second kappa shape index (κ2) is 7.56. The fourth-order valence-corrected chi connectivity index (χ4v) is 3.11. The SMILES string of the molecule is COc1cc(C)cc(CCCNC(=O)c2cnn3c(C)cc(C)nc23)c1. The number of aryl methyl sites for hydroxylation is 4. The predicted molar refractivity (Wildman–Crippen MR) is 101 cm³/mol. The summed E-state index contributed by atoms with van der Waals surface area (Å²) in [5, 5.41) is 7.23. The number of nitrogens with one attached hydrogen (secondary N) is 1. The van der Waals surface area contributed by atoms with Crippen molar-refractivity contribution < 1.29 is 9.53 Å². The Morgan fingerprint density at radius 2 is 2.00 bits per heavy atom. The van der Waals surface area contributed by atoms with E-state index in [0.29, 0.717) is 17.8 Å². The first kappa shape index (κ1) is 17.9. The van der Waals surface area contributed by atoms with Crippen molar-refractivity contribution in [1.82, 2.24) is 19.9 Å². The summed E-state index contributed by atoms with van der Waals surface area (Å²) in [7, 11) is 1.67. The van der Waals surface area contributed by atoms with Gasteiger partial charge in [-0.25, -0.2) is 9.50 Å². The highest BCUT2D eigenvalue weighted by molar-refractivity contribution is 5.99. The molecule has 0 aliphatic heterocycles. The van der Waals surface area contributed by atoms with E-state index in [4.69, 9.17) is 4.74 Å². The van der Waals surface area contributed by atoms with Crippen LogP contribution in [0.15, 0.2) is 30.5 Å². The first-order chi connectivity index (χ1) is 12.5. The van der Waals surface area contributed by atoms with Gasteiger partial charge < -0.3 is 10.1 Å². The average molecular weight is 352 g/mol.